The molecule has 0 aliphatic rings. The van der Waals surface area contributed by atoms with Crippen molar-refractivity contribution in [3.8, 4) is 0 Å². The van der Waals surface area contributed by atoms with Gasteiger partial charge in [-0.05, 0) is 12.1 Å². The van der Waals surface area contributed by atoms with Crippen LogP contribution in [0.3, 0.4) is 0 Å². The van der Waals surface area contributed by atoms with E-state index in [4.69, 9.17) is 0 Å². The van der Waals surface area contributed by atoms with Crippen molar-refractivity contribution in [2.24, 2.45) is 0 Å². The van der Waals surface area contributed by atoms with Crippen LogP contribution in [0.2, 0.25) is 0 Å². The van der Waals surface area contributed by atoms with Crippen LogP contribution in [0.1, 0.15) is 12.8 Å². The molecule has 0 saturated heterocycles. The Balaban J connectivity index is 1.82. The average molecular weight is 508 g/mol. The van der Waals surface area contributed by atoms with Crippen molar-refractivity contribution in [2.45, 2.75) is 12.8 Å². The zero-order chi connectivity index (χ0) is 26.1. The first-order valence-electron chi connectivity index (χ1n) is 9.52. The molecular formula is C18H16N6O10S. The number of nitro benzene ring substituents is 4. The summed E-state index contributed by atoms with van der Waals surface area (Å²) in [5.41, 5.74) is -2.64. The van der Waals surface area contributed by atoms with Gasteiger partial charge in [-0.2, -0.15) is 11.8 Å². The van der Waals surface area contributed by atoms with Crippen molar-refractivity contribution in [3.63, 3.8) is 0 Å². The lowest BCUT2D eigenvalue weighted by Crippen LogP contribution is -2.15. The second kappa shape index (κ2) is 12.0. The number of non-ortho nitro benzene ring substituents is 2. The van der Waals surface area contributed by atoms with Crippen LogP contribution in [-0.4, -0.2) is 43.0 Å². The number of nitrogens with one attached hydrogen (secondary N) is 2. The first-order valence-corrected chi connectivity index (χ1v) is 10.7. The molecule has 0 spiro atoms. The smallest absolute Gasteiger partial charge is 0.299 e. The Morgan fingerprint density at radius 2 is 1.03 bits per heavy atom. The van der Waals surface area contributed by atoms with Gasteiger partial charge in [-0.1, -0.05) is 0 Å². The molecule has 0 aliphatic carbocycles. The monoisotopic (exact) mass is 508 g/mol. The third kappa shape index (κ3) is 7.70. The van der Waals surface area contributed by atoms with Crippen LogP contribution < -0.4 is 10.6 Å². The van der Waals surface area contributed by atoms with Gasteiger partial charge in [-0.3, -0.25) is 50.0 Å². The van der Waals surface area contributed by atoms with Gasteiger partial charge >= 0.3 is 0 Å². The third-order valence-corrected chi connectivity index (χ3v) is 5.26. The van der Waals surface area contributed by atoms with Gasteiger partial charge in [0.05, 0.1) is 31.8 Å². The van der Waals surface area contributed by atoms with E-state index >= 15 is 0 Å². The number of amides is 2. The Morgan fingerprint density at radius 3 is 1.34 bits per heavy atom. The van der Waals surface area contributed by atoms with Crippen molar-refractivity contribution in [2.75, 3.05) is 22.1 Å². The van der Waals surface area contributed by atoms with Crippen LogP contribution in [0.25, 0.3) is 0 Å². The van der Waals surface area contributed by atoms with E-state index in [-0.39, 0.29) is 35.7 Å². The summed E-state index contributed by atoms with van der Waals surface area (Å²) in [7, 11) is 0. The molecule has 17 heteroatoms. The molecule has 2 amide bonds. The van der Waals surface area contributed by atoms with Crippen LogP contribution in [0, 0.1) is 40.5 Å². The summed E-state index contributed by atoms with van der Waals surface area (Å²) in [5.74, 6) is -0.699. The standard InChI is InChI=1S/C18H16N6O10S/c25-17(19-13-3-1-11(21(27)28)9-15(13)23(31)32)5-7-35-8-6-18(26)20-14-4-2-12(22(29)30)10-16(14)24(33)34/h1-4,9-10H,5-8H2,(H,19,25)(H,20,26). The van der Waals surface area contributed by atoms with Crippen LogP contribution in [-0.2, 0) is 9.59 Å². The molecule has 0 bridgehead atoms. The summed E-state index contributed by atoms with van der Waals surface area (Å²) in [5, 5.41) is 48.3. The van der Waals surface area contributed by atoms with Crippen molar-refractivity contribution < 1.29 is 29.3 Å². The molecule has 184 valence electrons. The predicted molar refractivity (Wildman–Crippen MR) is 123 cm³/mol. The number of thioether (sulfide) groups is 1. The number of hydrogen-bond acceptors (Lipinski definition) is 11. The van der Waals surface area contributed by atoms with E-state index in [0.29, 0.717) is 0 Å². The summed E-state index contributed by atoms with van der Waals surface area (Å²) in [4.78, 5) is 64.5. The van der Waals surface area contributed by atoms with E-state index in [0.717, 1.165) is 36.4 Å². The van der Waals surface area contributed by atoms with Gasteiger partial charge in [-0.15, -0.1) is 0 Å². The first kappa shape index (κ1) is 26.6. The Morgan fingerprint density at radius 1 is 0.657 bits per heavy atom. The molecule has 0 fully saturated rings. The van der Waals surface area contributed by atoms with Crippen molar-refractivity contribution in [1.82, 2.24) is 0 Å². The molecular weight excluding hydrogens is 492 g/mol. The highest BCUT2D eigenvalue weighted by atomic mass is 32.2. The highest BCUT2D eigenvalue weighted by Gasteiger charge is 2.22. The highest BCUT2D eigenvalue weighted by Crippen LogP contribution is 2.30. The van der Waals surface area contributed by atoms with Gasteiger partial charge in [0.1, 0.15) is 11.4 Å². The van der Waals surface area contributed by atoms with Crippen LogP contribution >= 0.6 is 11.8 Å². The maximum atomic E-state index is 12.0. The quantitative estimate of drug-likeness (QED) is 0.239. The largest absolute Gasteiger partial charge is 0.320 e. The number of nitrogens with zero attached hydrogens (tertiary/aromatic N) is 4. The molecule has 0 saturated carbocycles. The zero-order valence-electron chi connectivity index (χ0n) is 17.6. The van der Waals surface area contributed by atoms with Gasteiger partial charge < -0.3 is 10.6 Å². The topological polar surface area (TPSA) is 231 Å². The van der Waals surface area contributed by atoms with Crippen LogP contribution in [0.5, 0.6) is 0 Å². The minimum atomic E-state index is -0.856. The van der Waals surface area contributed by atoms with Crippen molar-refractivity contribution in [3.05, 3.63) is 76.9 Å². The molecule has 0 aliphatic heterocycles. The Hall–Kier alpha value is -4.67. The Bertz CT molecular complexity index is 1110. The third-order valence-electron chi connectivity index (χ3n) is 4.27. The molecule has 0 radical (unpaired) electrons. The van der Waals surface area contributed by atoms with Gasteiger partial charge in [0.2, 0.25) is 11.8 Å². The van der Waals surface area contributed by atoms with E-state index in [1.54, 1.807) is 0 Å². The van der Waals surface area contributed by atoms with Gasteiger partial charge in [0, 0.05) is 36.5 Å². The van der Waals surface area contributed by atoms with Crippen molar-refractivity contribution in [1.29, 1.82) is 0 Å². The molecule has 0 atom stereocenters. The van der Waals surface area contributed by atoms with E-state index in [1.807, 2.05) is 0 Å². The number of carbonyl (C=O) groups is 2. The van der Waals surface area contributed by atoms with E-state index in [2.05, 4.69) is 10.6 Å². The molecule has 2 rings (SSSR count). The second-order valence-corrected chi connectivity index (χ2v) is 7.86. The van der Waals surface area contributed by atoms with Gasteiger partial charge in [0.25, 0.3) is 22.7 Å². The summed E-state index contributed by atoms with van der Waals surface area (Å²) >= 11 is 1.20. The number of rotatable bonds is 12. The highest BCUT2D eigenvalue weighted by molar-refractivity contribution is 7.99. The second-order valence-electron chi connectivity index (χ2n) is 6.64. The minimum absolute atomic E-state index is 0.0751. The Kier molecular flexibility index (Phi) is 9.10. The molecule has 16 nitrogen and oxygen atoms in total. The zero-order valence-corrected chi connectivity index (χ0v) is 18.4. The molecule has 2 aromatic carbocycles. The number of nitro groups is 4. The minimum Gasteiger partial charge on any atom is -0.320 e. The lowest BCUT2D eigenvalue weighted by Gasteiger charge is -2.07. The SMILES string of the molecule is O=C(CCSCCC(=O)Nc1ccc([N+](=O)[O-])cc1[N+](=O)[O-])Nc1ccc([N+](=O)[O-])cc1[N+](=O)[O-]. The van der Waals surface area contributed by atoms with Crippen LogP contribution in [0.15, 0.2) is 36.4 Å². The number of hydrogen-bond donors (Lipinski definition) is 2. The normalized spacial score (nSPS) is 10.3. The predicted octanol–water partition coefficient (Wildman–Crippen LogP) is 3.41. The lowest BCUT2D eigenvalue weighted by molar-refractivity contribution is -0.393. The number of anilines is 2. The molecule has 2 N–H and O–H groups in total. The molecule has 2 aromatic rings. The van der Waals surface area contributed by atoms with E-state index in [9.17, 15) is 50.0 Å². The number of benzene rings is 2. The molecule has 0 heterocycles. The maximum Gasteiger partial charge on any atom is 0.299 e. The fourth-order valence-electron chi connectivity index (χ4n) is 2.64. The van der Waals surface area contributed by atoms with E-state index < -0.39 is 54.3 Å². The van der Waals surface area contributed by atoms with Gasteiger partial charge in [-0.25, -0.2) is 0 Å². The first-order chi connectivity index (χ1) is 16.5. The number of carbonyl (C=O) groups excluding carboxylic acids is 2. The van der Waals surface area contributed by atoms with Crippen molar-refractivity contribution >= 4 is 57.7 Å². The maximum absolute atomic E-state index is 12.0. The summed E-state index contributed by atoms with van der Waals surface area (Å²) in [6.07, 6.45) is -0.150. The molecule has 0 unspecified atom stereocenters. The summed E-state index contributed by atoms with van der Waals surface area (Å²) < 4.78 is 0. The fraction of sp³-hybridized carbons (Fsp3) is 0.222. The van der Waals surface area contributed by atoms with Crippen LogP contribution in [0.4, 0.5) is 34.1 Å². The average Bonchev–Trinajstić information content (AvgIpc) is 2.78. The fourth-order valence-corrected chi connectivity index (χ4v) is 3.50. The lowest BCUT2D eigenvalue weighted by atomic mass is 10.2. The summed E-state index contributed by atoms with van der Waals surface area (Å²) in [6.45, 7) is 0. The van der Waals surface area contributed by atoms with E-state index in [1.165, 1.54) is 11.8 Å². The molecule has 35 heavy (non-hydrogen) atoms. The van der Waals surface area contributed by atoms with Gasteiger partial charge in [0.15, 0.2) is 0 Å². The molecule has 0 aromatic heterocycles. The summed E-state index contributed by atoms with van der Waals surface area (Å²) in [6, 6.07) is 5.62. The Labute approximate surface area is 199 Å².